The summed E-state index contributed by atoms with van der Waals surface area (Å²) in [5, 5.41) is 12.2. The molecule has 4 N–H and O–H groups in total. The van der Waals surface area contributed by atoms with Gasteiger partial charge in [-0.3, -0.25) is 15.6 Å². The van der Waals surface area contributed by atoms with E-state index < -0.39 is 24.0 Å². The number of aromatic hydroxyl groups is 1. The third-order valence-electron chi connectivity index (χ3n) is 4.91. The maximum absolute atomic E-state index is 12.7. The molecule has 2 amide bonds. The van der Waals surface area contributed by atoms with Gasteiger partial charge in [0, 0.05) is 6.42 Å². The number of carbonyl (C=O) groups excluding carboxylic acids is 3. The average molecular weight is 478 g/mol. The number of phenols is 1. The van der Waals surface area contributed by atoms with Crippen molar-refractivity contribution in [1.82, 2.24) is 10.7 Å². The highest BCUT2D eigenvalue weighted by atomic mass is 16.6. The van der Waals surface area contributed by atoms with Crippen LogP contribution in [-0.2, 0) is 32.3 Å². The fourth-order valence-corrected chi connectivity index (χ4v) is 3.04. The van der Waals surface area contributed by atoms with E-state index in [1.807, 2.05) is 48.5 Å². The summed E-state index contributed by atoms with van der Waals surface area (Å²) >= 11 is 0. The minimum Gasteiger partial charge on any atom is -0.506 e. The van der Waals surface area contributed by atoms with Gasteiger partial charge in [0.1, 0.15) is 25.0 Å². The fraction of sp³-hybridized carbons (Fsp3) is 0.192. The standard InChI is InChI=1S/C26H27N3O6/c30-23-14-8-7-13-21(23)28-29-24(31)16-15-22(25(32)34-17-19-9-3-1-4-10-19)27-26(33)35-18-20-11-5-2-6-12-20/h1-14,22,28,30H,15-18H2,(H,27,33)(H,29,31). The molecular weight excluding hydrogens is 450 g/mol. The SMILES string of the molecule is O=C(CCC(NC(=O)OCc1ccccc1)C(=O)OCc1ccccc1)NNc1ccccc1O. The van der Waals surface area contributed by atoms with Gasteiger partial charge in [0.2, 0.25) is 5.91 Å². The lowest BCUT2D eigenvalue weighted by atomic mass is 10.1. The Morgan fingerprint density at radius 1 is 0.771 bits per heavy atom. The van der Waals surface area contributed by atoms with Crippen molar-refractivity contribution in [3.63, 3.8) is 0 Å². The van der Waals surface area contributed by atoms with Gasteiger partial charge < -0.3 is 19.9 Å². The van der Waals surface area contributed by atoms with Crippen LogP contribution in [0, 0.1) is 0 Å². The van der Waals surface area contributed by atoms with Gasteiger partial charge in [-0.15, -0.1) is 0 Å². The highest BCUT2D eigenvalue weighted by molar-refractivity contribution is 5.83. The molecule has 3 aromatic carbocycles. The van der Waals surface area contributed by atoms with E-state index >= 15 is 0 Å². The predicted octanol–water partition coefficient (Wildman–Crippen LogP) is 3.65. The first-order valence-electron chi connectivity index (χ1n) is 11.0. The van der Waals surface area contributed by atoms with Crippen LogP contribution in [0.2, 0.25) is 0 Å². The molecule has 0 aliphatic rings. The highest BCUT2D eigenvalue weighted by Gasteiger charge is 2.24. The van der Waals surface area contributed by atoms with E-state index in [0.717, 1.165) is 11.1 Å². The van der Waals surface area contributed by atoms with Crippen molar-refractivity contribution in [2.45, 2.75) is 32.1 Å². The van der Waals surface area contributed by atoms with Gasteiger partial charge in [0.25, 0.3) is 0 Å². The summed E-state index contributed by atoms with van der Waals surface area (Å²) in [6, 6.07) is 23.5. The van der Waals surface area contributed by atoms with Gasteiger partial charge in [-0.2, -0.15) is 0 Å². The predicted molar refractivity (Wildman–Crippen MR) is 129 cm³/mol. The molecule has 9 nitrogen and oxygen atoms in total. The second-order valence-electron chi connectivity index (χ2n) is 7.58. The molecule has 0 saturated carbocycles. The molecule has 0 aliphatic carbocycles. The van der Waals surface area contributed by atoms with E-state index in [2.05, 4.69) is 16.2 Å². The third-order valence-corrected chi connectivity index (χ3v) is 4.91. The highest BCUT2D eigenvalue weighted by Crippen LogP contribution is 2.20. The van der Waals surface area contributed by atoms with Crippen LogP contribution in [0.3, 0.4) is 0 Å². The summed E-state index contributed by atoms with van der Waals surface area (Å²) < 4.78 is 10.5. The number of esters is 1. The van der Waals surface area contributed by atoms with E-state index in [4.69, 9.17) is 9.47 Å². The van der Waals surface area contributed by atoms with Gasteiger partial charge >= 0.3 is 12.1 Å². The zero-order valence-electron chi connectivity index (χ0n) is 19.0. The summed E-state index contributed by atoms with van der Waals surface area (Å²) in [6.45, 7) is 0.0569. The summed E-state index contributed by atoms with van der Waals surface area (Å²) in [5.41, 5.74) is 6.96. The molecular formula is C26H27N3O6. The average Bonchev–Trinajstić information content (AvgIpc) is 2.89. The molecule has 0 heterocycles. The van der Waals surface area contributed by atoms with E-state index in [1.165, 1.54) is 6.07 Å². The van der Waals surface area contributed by atoms with Crippen LogP contribution in [0.5, 0.6) is 5.75 Å². The second kappa shape index (κ2) is 13.2. The lowest BCUT2D eigenvalue weighted by Crippen LogP contribution is -2.43. The molecule has 0 saturated heterocycles. The molecule has 1 atom stereocenters. The Hall–Kier alpha value is -4.53. The van der Waals surface area contributed by atoms with Crippen molar-refractivity contribution in [3.8, 4) is 5.75 Å². The molecule has 0 bridgehead atoms. The Kier molecular flexibility index (Phi) is 9.50. The number of phenolic OH excluding ortho intramolecular Hbond substituents is 1. The number of para-hydroxylation sites is 2. The van der Waals surface area contributed by atoms with Crippen molar-refractivity contribution in [3.05, 3.63) is 96.1 Å². The number of alkyl carbamates (subject to hydrolysis) is 1. The topological polar surface area (TPSA) is 126 Å². The molecule has 1 unspecified atom stereocenters. The fourth-order valence-electron chi connectivity index (χ4n) is 3.04. The van der Waals surface area contributed by atoms with Gasteiger partial charge in [-0.25, -0.2) is 9.59 Å². The van der Waals surface area contributed by atoms with Crippen molar-refractivity contribution >= 4 is 23.7 Å². The number of ether oxygens (including phenoxy) is 2. The Morgan fingerprint density at radius 3 is 1.97 bits per heavy atom. The van der Waals surface area contributed by atoms with Gasteiger partial charge in [-0.1, -0.05) is 72.8 Å². The quantitative estimate of drug-likeness (QED) is 0.189. The number of benzene rings is 3. The molecule has 0 spiro atoms. The molecule has 0 aromatic heterocycles. The summed E-state index contributed by atoms with van der Waals surface area (Å²) in [5.74, 6) is -1.17. The minimum absolute atomic E-state index is 0.0255. The van der Waals surface area contributed by atoms with Crippen molar-refractivity contribution in [2.75, 3.05) is 5.43 Å². The minimum atomic E-state index is -1.10. The van der Waals surface area contributed by atoms with Crippen molar-refractivity contribution in [2.24, 2.45) is 0 Å². The lowest BCUT2D eigenvalue weighted by Gasteiger charge is -2.18. The van der Waals surface area contributed by atoms with Crippen molar-refractivity contribution in [1.29, 1.82) is 0 Å². The summed E-state index contributed by atoms with van der Waals surface area (Å²) in [6.07, 6.45) is -0.934. The zero-order valence-corrected chi connectivity index (χ0v) is 19.0. The Labute approximate surface area is 203 Å². The van der Waals surface area contributed by atoms with Crippen LogP contribution in [0.15, 0.2) is 84.9 Å². The third kappa shape index (κ3) is 8.73. The lowest BCUT2D eigenvalue weighted by molar-refractivity contribution is -0.147. The van der Waals surface area contributed by atoms with E-state index in [0.29, 0.717) is 5.69 Å². The number of hydrazine groups is 1. The van der Waals surface area contributed by atoms with Crippen LogP contribution < -0.4 is 16.2 Å². The monoisotopic (exact) mass is 477 g/mol. The van der Waals surface area contributed by atoms with Crippen LogP contribution in [0.4, 0.5) is 10.5 Å². The van der Waals surface area contributed by atoms with Crippen molar-refractivity contribution < 1.29 is 29.0 Å². The van der Waals surface area contributed by atoms with Gasteiger partial charge in [0.05, 0.1) is 5.69 Å². The largest absolute Gasteiger partial charge is 0.506 e. The number of anilines is 1. The first-order chi connectivity index (χ1) is 17.0. The molecule has 0 aliphatic heterocycles. The van der Waals surface area contributed by atoms with Gasteiger partial charge in [-0.05, 0) is 29.7 Å². The first kappa shape index (κ1) is 25.1. The Bertz CT molecular complexity index is 1110. The molecule has 35 heavy (non-hydrogen) atoms. The summed E-state index contributed by atoms with van der Waals surface area (Å²) in [7, 11) is 0. The van der Waals surface area contributed by atoms with Gasteiger partial charge in [0.15, 0.2) is 0 Å². The van der Waals surface area contributed by atoms with E-state index in [9.17, 15) is 19.5 Å². The molecule has 3 aromatic rings. The number of carbonyl (C=O) groups is 3. The first-order valence-corrected chi connectivity index (χ1v) is 11.0. The molecule has 0 radical (unpaired) electrons. The van der Waals surface area contributed by atoms with Crippen LogP contribution in [0.1, 0.15) is 24.0 Å². The number of rotatable bonds is 11. The Morgan fingerprint density at radius 2 is 1.34 bits per heavy atom. The zero-order chi connectivity index (χ0) is 24.9. The number of hydrogen-bond acceptors (Lipinski definition) is 7. The van der Waals surface area contributed by atoms with E-state index in [1.54, 1.807) is 30.3 Å². The number of hydrogen-bond donors (Lipinski definition) is 4. The van der Waals surface area contributed by atoms with Crippen LogP contribution in [-0.4, -0.2) is 29.1 Å². The molecule has 9 heteroatoms. The van der Waals surface area contributed by atoms with Crippen LogP contribution in [0.25, 0.3) is 0 Å². The second-order valence-corrected chi connectivity index (χ2v) is 7.58. The molecule has 3 rings (SSSR count). The number of amides is 2. The normalized spacial score (nSPS) is 11.1. The maximum atomic E-state index is 12.7. The van der Waals surface area contributed by atoms with E-state index in [-0.39, 0.29) is 31.8 Å². The smallest absolute Gasteiger partial charge is 0.408 e. The Balaban J connectivity index is 1.54. The van der Waals surface area contributed by atoms with Crippen LogP contribution >= 0.6 is 0 Å². The maximum Gasteiger partial charge on any atom is 0.408 e. The summed E-state index contributed by atoms with van der Waals surface area (Å²) in [4.78, 5) is 37.3. The molecule has 182 valence electrons. The number of nitrogens with one attached hydrogen (secondary N) is 3. The molecule has 0 fully saturated rings.